The number of amides is 1. The number of carbonyl (C=O) groups excluding carboxylic acids is 1. The van der Waals surface area contributed by atoms with Gasteiger partial charge in [0.15, 0.2) is 0 Å². The SMILES string of the molecule is Cc1ccc(CNC(=O)C2CCCC2O)c(OCC2CC2)c1. The van der Waals surface area contributed by atoms with E-state index in [0.29, 0.717) is 12.5 Å². The molecule has 2 saturated carbocycles. The first-order chi connectivity index (χ1) is 10.6. The molecule has 4 heteroatoms. The minimum Gasteiger partial charge on any atom is -0.493 e. The molecule has 1 aromatic rings. The van der Waals surface area contributed by atoms with Gasteiger partial charge in [-0.3, -0.25) is 4.79 Å². The predicted molar refractivity (Wildman–Crippen MR) is 84.6 cm³/mol. The van der Waals surface area contributed by atoms with Gasteiger partial charge in [-0.15, -0.1) is 0 Å². The topological polar surface area (TPSA) is 58.6 Å². The predicted octanol–water partition coefficient (Wildman–Crippen LogP) is 2.56. The number of aliphatic hydroxyl groups is 1. The van der Waals surface area contributed by atoms with Gasteiger partial charge >= 0.3 is 0 Å². The highest BCUT2D eigenvalue weighted by Gasteiger charge is 2.31. The summed E-state index contributed by atoms with van der Waals surface area (Å²) in [6.07, 6.45) is 4.49. The normalized spacial score (nSPS) is 24.3. The minimum atomic E-state index is -0.483. The van der Waals surface area contributed by atoms with E-state index in [1.807, 2.05) is 25.1 Å². The largest absolute Gasteiger partial charge is 0.493 e. The Morgan fingerprint density at radius 3 is 2.82 bits per heavy atom. The maximum Gasteiger partial charge on any atom is 0.225 e. The van der Waals surface area contributed by atoms with E-state index in [0.717, 1.165) is 42.7 Å². The zero-order valence-corrected chi connectivity index (χ0v) is 13.2. The summed E-state index contributed by atoms with van der Waals surface area (Å²) in [5.74, 6) is 1.29. The van der Waals surface area contributed by atoms with Crippen molar-refractivity contribution in [3.8, 4) is 5.75 Å². The summed E-state index contributed by atoms with van der Waals surface area (Å²) in [6.45, 7) is 3.27. The lowest BCUT2D eigenvalue weighted by Gasteiger charge is -2.16. The quantitative estimate of drug-likeness (QED) is 0.849. The summed E-state index contributed by atoms with van der Waals surface area (Å²) in [7, 11) is 0. The van der Waals surface area contributed by atoms with Crippen molar-refractivity contribution in [1.82, 2.24) is 5.32 Å². The second kappa shape index (κ2) is 6.69. The van der Waals surface area contributed by atoms with Crippen LogP contribution in [-0.2, 0) is 11.3 Å². The number of benzene rings is 1. The molecule has 1 aromatic carbocycles. The Morgan fingerprint density at radius 1 is 1.32 bits per heavy atom. The molecule has 3 rings (SSSR count). The van der Waals surface area contributed by atoms with Crippen molar-refractivity contribution in [1.29, 1.82) is 0 Å². The highest BCUT2D eigenvalue weighted by molar-refractivity contribution is 5.79. The first-order valence-corrected chi connectivity index (χ1v) is 8.31. The molecule has 0 bridgehead atoms. The van der Waals surface area contributed by atoms with E-state index < -0.39 is 6.10 Å². The van der Waals surface area contributed by atoms with Crippen molar-refractivity contribution in [2.45, 2.75) is 51.7 Å². The van der Waals surface area contributed by atoms with E-state index >= 15 is 0 Å². The number of hydrogen-bond acceptors (Lipinski definition) is 3. The maximum absolute atomic E-state index is 12.2. The van der Waals surface area contributed by atoms with Crippen LogP contribution < -0.4 is 10.1 Å². The first kappa shape index (κ1) is 15.3. The standard InChI is InChI=1S/C18H25NO3/c1-12-5-8-14(17(9-12)22-11-13-6-7-13)10-19-18(21)15-3-2-4-16(15)20/h5,8-9,13,15-16,20H,2-4,6-7,10-11H2,1H3,(H,19,21). The van der Waals surface area contributed by atoms with Crippen molar-refractivity contribution in [3.63, 3.8) is 0 Å². The van der Waals surface area contributed by atoms with Gasteiger partial charge in [-0.1, -0.05) is 12.1 Å². The van der Waals surface area contributed by atoms with Crippen LogP contribution >= 0.6 is 0 Å². The smallest absolute Gasteiger partial charge is 0.225 e. The van der Waals surface area contributed by atoms with E-state index in [-0.39, 0.29) is 11.8 Å². The fourth-order valence-corrected chi connectivity index (χ4v) is 2.99. The molecular weight excluding hydrogens is 278 g/mol. The summed E-state index contributed by atoms with van der Waals surface area (Å²) in [6, 6.07) is 6.09. The fraction of sp³-hybridized carbons (Fsp3) is 0.611. The van der Waals surface area contributed by atoms with E-state index in [1.165, 1.54) is 12.8 Å². The van der Waals surface area contributed by atoms with Crippen molar-refractivity contribution in [2.24, 2.45) is 11.8 Å². The third-order valence-electron chi connectivity index (χ3n) is 4.66. The van der Waals surface area contributed by atoms with Gasteiger partial charge in [0.1, 0.15) is 5.75 Å². The van der Waals surface area contributed by atoms with Crippen molar-refractivity contribution in [3.05, 3.63) is 29.3 Å². The maximum atomic E-state index is 12.2. The monoisotopic (exact) mass is 303 g/mol. The Morgan fingerprint density at radius 2 is 2.14 bits per heavy atom. The molecule has 0 radical (unpaired) electrons. The molecule has 0 aromatic heterocycles. The summed E-state index contributed by atoms with van der Waals surface area (Å²) in [5, 5.41) is 12.8. The third-order valence-corrected chi connectivity index (χ3v) is 4.66. The van der Waals surface area contributed by atoms with Gasteiger partial charge in [0, 0.05) is 12.1 Å². The molecule has 0 spiro atoms. The number of aryl methyl sites for hydroxylation is 1. The highest BCUT2D eigenvalue weighted by atomic mass is 16.5. The number of ether oxygens (including phenoxy) is 1. The van der Waals surface area contributed by atoms with Gasteiger partial charge in [0.2, 0.25) is 5.91 Å². The molecule has 2 aliphatic rings. The Hall–Kier alpha value is -1.55. The van der Waals surface area contributed by atoms with E-state index in [4.69, 9.17) is 4.74 Å². The molecule has 0 saturated heterocycles. The van der Waals surface area contributed by atoms with Crippen LogP contribution in [0.1, 0.15) is 43.2 Å². The number of aliphatic hydroxyl groups excluding tert-OH is 1. The minimum absolute atomic E-state index is 0.0429. The second-order valence-electron chi connectivity index (χ2n) is 6.69. The number of hydrogen-bond donors (Lipinski definition) is 2. The molecule has 2 fully saturated rings. The zero-order chi connectivity index (χ0) is 15.5. The second-order valence-corrected chi connectivity index (χ2v) is 6.69. The van der Waals surface area contributed by atoms with Crippen molar-refractivity contribution >= 4 is 5.91 Å². The lowest BCUT2D eigenvalue weighted by atomic mass is 10.0. The van der Waals surface area contributed by atoms with E-state index in [2.05, 4.69) is 5.32 Å². The van der Waals surface area contributed by atoms with Gasteiger partial charge in [-0.2, -0.15) is 0 Å². The molecule has 2 atom stereocenters. The molecule has 0 heterocycles. The van der Waals surface area contributed by atoms with Crippen LogP contribution in [0.25, 0.3) is 0 Å². The number of rotatable bonds is 6. The molecule has 22 heavy (non-hydrogen) atoms. The Kier molecular flexibility index (Phi) is 4.67. The van der Waals surface area contributed by atoms with Crippen molar-refractivity contribution in [2.75, 3.05) is 6.61 Å². The zero-order valence-electron chi connectivity index (χ0n) is 13.2. The summed E-state index contributed by atoms with van der Waals surface area (Å²) in [5.41, 5.74) is 2.17. The average molecular weight is 303 g/mol. The summed E-state index contributed by atoms with van der Waals surface area (Å²) < 4.78 is 5.92. The lowest BCUT2D eigenvalue weighted by Crippen LogP contribution is -2.34. The lowest BCUT2D eigenvalue weighted by molar-refractivity contribution is -0.127. The van der Waals surface area contributed by atoms with Crippen LogP contribution in [0.4, 0.5) is 0 Å². The molecular formula is C18H25NO3. The van der Waals surface area contributed by atoms with Crippen LogP contribution in [0, 0.1) is 18.8 Å². The number of carbonyl (C=O) groups is 1. The third kappa shape index (κ3) is 3.80. The molecule has 1 amide bonds. The van der Waals surface area contributed by atoms with Crippen molar-refractivity contribution < 1.29 is 14.6 Å². The highest BCUT2D eigenvalue weighted by Crippen LogP contribution is 2.31. The van der Waals surface area contributed by atoms with Gasteiger partial charge in [-0.25, -0.2) is 0 Å². The summed E-state index contributed by atoms with van der Waals surface area (Å²) in [4.78, 5) is 12.2. The van der Waals surface area contributed by atoms with Crippen LogP contribution in [0.15, 0.2) is 18.2 Å². The van der Waals surface area contributed by atoms with Crippen LogP contribution in [0.3, 0.4) is 0 Å². The Labute approximate surface area is 131 Å². The molecule has 4 nitrogen and oxygen atoms in total. The number of nitrogens with one attached hydrogen (secondary N) is 1. The van der Waals surface area contributed by atoms with E-state index in [1.54, 1.807) is 0 Å². The molecule has 0 aliphatic heterocycles. The van der Waals surface area contributed by atoms with E-state index in [9.17, 15) is 9.90 Å². The van der Waals surface area contributed by atoms with Crippen LogP contribution in [0.5, 0.6) is 5.75 Å². The van der Waals surface area contributed by atoms with Gasteiger partial charge < -0.3 is 15.2 Å². The van der Waals surface area contributed by atoms with Crippen LogP contribution in [0.2, 0.25) is 0 Å². The van der Waals surface area contributed by atoms with Gasteiger partial charge in [0.25, 0.3) is 0 Å². The Bertz CT molecular complexity index is 539. The first-order valence-electron chi connectivity index (χ1n) is 8.31. The average Bonchev–Trinajstić information content (AvgIpc) is 3.23. The molecule has 2 N–H and O–H groups in total. The Balaban J connectivity index is 1.59. The van der Waals surface area contributed by atoms with Gasteiger partial charge in [0.05, 0.1) is 18.6 Å². The fourth-order valence-electron chi connectivity index (χ4n) is 2.99. The molecule has 2 unspecified atom stereocenters. The molecule has 2 aliphatic carbocycles. The molecule has 120 valence electrons. The summed E-state index contributed by atoms with van der Waals surface area (Å²) >= 11 is 0. The van der Waals surface area contributed by atoms with Crippen LogP contribution in [-0.4, -0.2) is 23.7 Å². The van der Waals surface area contributed by atoms with Gasteiger partial charge in [-0.05, 0) is 56.6 Å².